The van der Waals surface area contributed by atoms with Crippen LogP contribution in [0.1, 0.15) is 0 Å². The van der Waals surface area contributed by atoms with E-state index in [4.69, 9.17) is 0 Å². The van der Waals surface area contributed by atoms with Crippen LogP contribution in [0.4, 0.5) is 5.69 Å². The van der Waals surface area contributed by atoms with E-state index in [0.717, 1.165) is 10.2 Å². The minimum atomic E-state index is -0.348. The minimum Gasteiger partial charge on any atom is -0.390 e. The molecule has 1 aromatic carbocycles. The van der Waals surface area contributed by atoms with Gasteiger partial charge in [-0.1, -0.05) is 22.0 Å². The highest BCUT2D eigenvalue weighted by atomic mass is 79.9. The second-order valence-electron chi connectivity index (χ2n) is 3.81. The van der Waals surface area contributed by atoms with Crippen LogP contribution in [0.5, 0.6) is 0 Å². The van der Waals surface area contributed by atoms with Crippen molar-refractivity contribution in [2.75, 3.05) is 32.5 Å². The molecular formula is C11H17BrN2O. The Balaban J connectivity index is 2.36. The summed E-state index contributed by atoms with van der Waals surface area (Å²) in [5.41, 5.74) is 1.02. The molecule has 0 aliphatic rings. The van der Waals surface area contributed by atoms with Gasteiger partial charge in [0.2, 0.25) is 0 Å². The highest BCUT2D eigenvalue weighted by Crippen LogP contribution is 2.15. The zero-order valence-electron chi connectivity index (χ0n) is 9.07. The predicted molar refractivity (Wildman–Crippen MR) is 67.2 cm³/mol. The summed E-state index contributed by atoms with van der Waals surface area (Å²) in [6, 6.07) is 7.90. The van der Waals surface area contributed by atoms with Crippen LogP contribution in [0.25, 0.3) is 0 Å². The molecule has 0 heterocycles. The van der Waals surface area contributed by atoms with E-state index in [1.807, 2.05) is 43.3 Å². The van der Waals surface area contributed by atoms with Crippen molar-refractivity contribution >= 4 is 21.6 Å². The van der Waals surface area contributed by atoms with Gasteiger partial charge in [-0.15, -0.1) is 0 Å². The van der Waals surface area contributed by atoms with Crippen molar-refractivity contribution in [1.82, 2.24) is 4.90 Å². The Hall–Kier alpha value is -0.580. The van der Waals surface area contributed by atoms with E-state index >= 15 is 0 Å². The molecule has 0 saturated carbocycles. The molecule has 4 heteroatoms. The van der Waals surface area contributed by atoms with Crippen molar-refractivity contribution in [3.05, 3.63) is 28.7 Å². The van der Waals surface area contributed by atoms with Gasteiger partial charge in [-0.2, -0.15) is 0 Å². The summed E-state index contributed by atoms with van der Waals surface area (Å²) < 4.78 is 1.04. The fourth-order valence-electron chi connectivity index (χ4n) is 1.32. The number of nitrogens with one attached hydrogen (secondary N) is 1. The lowest BCUT2D eigenvalue weighted by Crippen LogP contribution is -2.31. The summed E-state index contributed by atoms with van der Waals surface area (Å²) in [5.74, 6) is 0. The van der Waals surface area contributed by atoms with Crippen molar-refractivity contribution in [2.45, 2.75) is 6.10 Å². The van der Waals surface area contributed by atoms with Crippen LogP contribution in [0.3, 0.4) is 0 Å². The Bertz CT molecular complexity index is 304. The lowest BCUT2D eigenvalue weighted by Gasteiger charge is -2.17. The molecule has 0 saturated heterocycles. The fraction of sp³-hybridized carbons (Fsp3) is 0.455. The number of anilines is 1. The first-order valence-electron chi connectivity index (χ1n) is 4.90. The molecule has 0 fully saturated rings. The fourth-order valence-corrected chi connectivity index (χ4v) is 1.72. The highest BCUT2D eigenvalue weighted by molar-refractivity contribution is 9.10. The molecule has 0 amide bonds. The van der Waals surface area contributed by atoms with Gasteiger partial charge in [0.1, 0.15) is 0 Å². The Morgan fingerprint density at radius 1 is 1.47 bits per heavy atom. The molecule has 2 N–H and O–H groups in total. The van der Waals surface area contributed by atoms with Crippen LogP contribution in [-0.4, -0.2) is 43.3 Å². The van der Waals surface area contributed by atoms with Crippen molar-refractivity contribution in [3.63, 3.8) is 0 Å². The first kappa shape index (κ1) is 12.5. The maximum Gasteiger partial charge on any atom is 0.0838 e. The van der Waals surface area contributed by atoms with Crippen LogP contribution in [-0.2, 0) is 0 Å². The Morgan fingerprint density at radius 2 is 2.20 bits per heavy atom. The summed E-state index contributed by atoms with van der Waals surface area (Å²) in [7, 11) is 3.89. The van der Waals surface area contributed by atoms with Gasteiger partial charge in [0.25, 0.3) is 0 Å². The number of nitrogens with zero attached hydrogens (tertiary/aromatic N) is 1. The van der Waals surface area contributed by atoms with Crippen molar-refractivity contribution in [2.24, 2.45) is 0 Å². The topological polar surface area (TPSA) is 35.5 Å². The zero-order chi connectivity index (χ0) is 11.3. The largest absolute Gasteiger partial charge is 0.390 e. The second kappa shape index (κ2) is 6.10. The van der Waals surface area contributed by atoms with Gasteiger partial charge >= 0.3 is 0 Å². The number of likely N-dealkylation sites (N-methyl/N-ethyl adjacent to an activating group) is 1. The monoisotopic (exact) mass is 272 g/mol. The van der Waals surface area contributed by atoms with E-state index < -0.39 is 0 Å². The number of benzene rings is 1. The quantitative estimate of drug-likeness (QED) is 0.858. The van der Waals surface area contributed by atoms with Crippen LogP contribution in [0.15, 0.2) is 28.7 Å². The molecule has 0 aliphatic carbocycles. The molecule has 0 radical (unpaired) electrons. The first-order chi connectivity index (χ1) is 7.08. The molecule has 0 aromatic heterocycles. The van der Waals surface area contributed by atoms with E-state index in [9.17, 15) is 5.11 Å². The van der Waals surface area contributed by atoms with Gasteiger partial charge in [-0.3, -0.25) is 0 Å². The minimum absolute atomic E-state index is 0.348. The van der Waals surface area contributed by atoms with Gasteiger partial charge in [-0.05, 0) is 32.3 Å². The normalized spacial score (nSPS) is 12.9. The standard InChI is InChI=1S/C11H17BrN2O/c1-14(2)8-11(15)7-13-10-5-3-4-9(12)6-10/h3-6,11,13,15H,7-8H2,1-2H3. The van der Waals surface area contributed by atoms with Crippen LogP contribution >= 0.6 is 15.9 Å². The number of halogens is 1. The number of hydrogen-bond donors (Lipinski definition) is 2. The molecule has 1 aromatic rings. The number of aliphatic hydroxyl groups is 1. The maximum atomic E-state index is 9.63. The van der Waals surface area contributed by atoms with Gasteiger partial charge in [-0.25, -0.2) is 0 Å². The average Bonchev–Trinajstić information content (AvgIpc) is 2.14. The average molecular weight is 273 g/mol. The van der Waals surface area contributed by atoms with Gasteiger partial charge in [0.15, 0.2) is 0 Å². The van der Waals surface area contributed by atoms with Gasteiger partial charge in [0, 0.05) is 23.2 Å². The van der Waals surface area contributed by atoms with E-state index in [2.05, 4.69) is 21.2 Å². The Kier molecular flexibility index (Phi) is 5.08. The molecule has 0 aliphatic heterocycles. The van der Waals surface area contributed by atoms with Crippen LogP contribution in [0.2, 0.25) is 0 Å². The molecule has 1 atom stereocenters. The van der Waals surface area contributed by atoms with E-state index in [1.54, 1.807) is 0 Å². The number of rotatable bonds is 5. The second-order valence-corrected chi connectivity index (χ2v) is 4.72. The number of aliphatic hydroxyl groups excluding tert-OH is 1. The highest BCUT2D eigenvalue weighted by Gasteiger charge is 2.04. The first-order valence-corrected chi connectivity index (χ1v) is 5.69. The molecule has 3 nitrogen and oxygen atoms in total. The third kappa shape index (κ3) is 5.16. The van der Waals surface area contributed by atoms with E-state index in [1.165, 1.54) is 0 Å². The van der Waals surface area contributed by atoms with E-state index in [0.29, 0.717) is 13.1 Å². The summed E-state index contributed by atoms with van der Waals surface area (Å²) in [6.07, 6.45) is -0.348. The SMILES string of the molecule is CN(C)CC(O)CNc1cccc(Br)c1. The lowest BCUT2D eigenvalue weighted by molar-refractivity contribution is 0.148. The Labute approximate surface area is 99.2 Å². The predicted octanol–water partition coefficient (Wildman–Crippen LogP) is 1.78. The number of hydrogen-bond acceptors (Lipinski definition) is 3. The molecule has 1 rings (SSSR count). The zero-order valence-corrected chi connectivity index (χ0v) is 10.7. The van der Waals surface area contributed by atoms with E-state index in [-0.39, 0.29) is 6.10 Å². The summed E-state index contributed by atoms with van der Waals surface area (Å²) in [5, 5.41) is 12.8. The third-order valence-electron chi connectivity index (χ3n) is 1.94. The smallest absolute Gasteiger partial charge is 0.0838 e. The molecule has 0 spiro atoms. The van der Waals surface area contributed by atoms with Crippen LogP contribution in [0, 0.1) is 0 Å². The lowest BCUT2D eigenvalue weighted by atomic mass is 10.3. The molecule has 15 heavy (non-hydrogen) atoms. The maximum absolute atomic E-state index is 9.63. The summed E-state index contributed by atoms with van der Waals surface area (Å²) in [4.78, 5) is 1.97. The van der Waals surface area contributed by atoms with Crippen molar-refractivity contribution in [1.29, 1.82) is 0 Å². The van der Waals surface area contributed by atoms with Crippen LogP contribution < -0.4 is 5.32 Å². The Morgan fingerprint density at radius 3 is 2.80 bits per heavy atom. The third-order valence-corrected chi connectivity index (χ3v) is 2.44. The summed E-state index contributed by atoms with van der Waals surface area (Å²) in [6.45, 7) is 1.23. The molecule has 84 valence electrons. The van der Waals surface area contributed by atoms with Gasteiger partial charge in [0.05, 0.1) is 6.10 Å². The van der Waals surface area contributed by atoms with Crippen molar-refractivity contribution in [3.8, 4) is 0 Å². The summed E-state index contributed by atoms with van der Waals surface area (Å²) >= 11 is 3.40. The molecule has 0 bridgehead atoms. The van der Waals surface area contributed by atoms with Gasteiger partial charge < -0.3 is 15.3 Å². The molecule has 1 unspecified atom stereocenters. The molecular weight excluding hydrogens is 256 g/mol. The van der Waals surface area contributed by atoms with Crippen molar-refractivity contribution < 1.29 is 5.11 Å².